The van der Waals surface area contributed by atoms with Gasteiger partial charge in [0, 0.05) is 14.0 Å². The van der Waals surface area contributed by atoms with E-state index in [1.165, 1.54) is 4.88 Å². The van der Waals surface area contributed by atoms with Gasteiger partial charge < -0.3 is 5.32 Å². The molecule has 3 rings (SSSR count). The molecule has 0 unspecified atom stereocenters. The number of thiophene rings is 1. The third kappa shape index (κ3) is 3.56. The van der Waals surface area contributed by atoms with Crippen LogP contribution in [0.4, 0.5) is 0 Å². The average molecular weight is 440 g/mol. The molecule has 0 aliphatic carbocycles. The van der Waals surface area contributed by atoms with E-state index < -0.39 is 0 Å². The van der Waals surface area contributed by atoms with Gasteiger partial charge in [0.2, 0.25) is 0 Å². The first-order chi connectivity index (χ1) is 10.6. The minimum atomic E-state index is -0.0538. The van der Waals surface area contributed by atoms with E-state index in [1.54, 1.807) is 22.7 Å². The smallest absolute Gasteiger partial charge is 0.251 e. The zero-order valence-corrected chi connectivity index (χ0v) is 15.6. The number of benzene rings is 1. The third-order valence-corrected chi connectivity index (χ3v) is 6.06. The fourth-order valence-corrected chi connectivity index (χ4v) is 4.12. The number of halogens is 1. The SMILES string of the molecule is Cc1nc(-c2cccs2)sc1CNC(=O)c1ccc(I)cc1. The number of rotatable bonds is 4. The van der Waals surface area contributed by atoms with E-state index in [-0.39, 0.29) is 5.91 Å². The van der Waals surface area contributed by atoms with Gasteiger partial charge in [-0.15, -0.1) is 22.7 Å². The van der Waals surface area contributed by atoms with Crippen molar-refractivity contribution in [1.82, 2.24) is 10.3 Å². The number of thiazole rings is 1. The molecule has 0 saturated carbocycles. The lowest BCUT2D eigenvalue weighted by Gasteiger charge is -2.04. The van der Waals surface area contributed by atoms with Crippen molar-refractivity contribution in [3.05, 3.63) is 61.5 Å². The molecule has 1 aromatic carbocycles. The second-order valence-corrected chi connectivity index (χ2v) is 7.97. The predicted molar refractivity (Wildman–Crippen MR) is 100 cm³/mol. The van der Waals surface area contributed by atoms with Crippen LogP contribution in [0.3, 0.4) is 0 Å². The molecule has 22 heavy (non-hydrogen) atoms. The number of carbonyl (C=O) groups is 1. The molecule has 2 heterocycles. The first-order valence-electron chi connectivity index (χ1n) is 6.67. The molecule has 1 amide bonds. The number of hydrogen-bond acceptors (Lipinski definition) is 4. The molecule has 0 spiro atoms. The van der Waals surface area contributed by atoms with E-state index in [2.05, 4.69) is 39.0 Å². The molecule has 0 saturated heterocycles. The van der Waals surface area contributed by atoms with Crippen LogP contribution in [0.1, 0.15) is 20.9 Å². The number of aromatic nitrogens is 1. The van der Waals surface area contributed by atoms with Crippen LogP contribution in [0.2, 0.25) is 0 Å². The van der Waals surface area contributed by atoms with Gasteiger partial charge in [-0.3, -0.25) is 4.79 Å². The van der Waals surface area contributed by atoms with Gasteiger partial charge >= 0.3 is 0 Å². The standard InChI is InChI=1S/C16H13IN2OS2/c1-10-14(22-16(19-10)13-3-2-8-21-13)9-18-15(20)11-4-6-12(17)7-5-11/h2-8H,9H2,1H3,(H,18,20). The van der Waals surface area contributed by atoms with Crippen molar-refractivity contribution in [3.63, 3.8) is 0 Å². The molecule has 0 atom stereocenters. The maximum absolute atomic E-state index is 12.1. The molecule has 112 valence electrons. The first-order valence-corrected chi connectivity index (χ1v) is 9.45. The highest BCUT2D eigenvalue weighted by Crippen LogP contribution is 2.30. The topological polar surface area (TPSA) is 42.0 Å². The molecule has 2 aromatic heterocycles. The fourth-order valence-electron chi connectivity index (χ4n) is 1.96. The Balaban J connectivity index is 1.69. The van der Waals surface area contributed by atoms with Crippen molar-refractivity contribution in [2.45, 2.75) is 13.5 Å². The summed E-state index contributed by atoms with van der Waals surface area (Å²) in [5.74, 6) is -0.0538. The van der Waals surface area contributed by atoms with Crippen LogP contribution in [0.5, 0.6) is 0 Å². The first kappa shape index (κ1) is 15.6. The predicted octanol–water partition coefficient (Wildman–Crippen LogP) is 4.71. The van der Waals surface area contributed by atoms with E-state index in [9.17, 15) is 4.79 Å². The van der Waals surface area contributed by atoms with Crippen LogP contribution < -0.4 is 5.32 Å². The van der Waals surface area contributed by atoms with Gasteiger partial charge in [0.1, 0.15) is 5.01 Å². The van der Waals surface area contributed by atoms with Gasteiger partial charge in [0.25, 0.3) is 5.91 Å². The minimum absolute atomic E-state index is 0.0538. The van der Waals surface area contributed by atoms with Crippen molar-refractivity contribution in [3.8, 4) is 9.88 Å². The summed E-state index contributed by atoms with van der Waals surface area (Å²) in [6.07, 6.45) is 0. The molecular weight excluding hydrogens is 427 g/mol. The molecule has 0 fully saturated rings. The highest BCUT2D eigenvalue weighted by Gasteiger charge is 2.12. The lowest BCUT2D eigenvalue weighted by molar-refractivity contribution is 0.0951. The Labute approximate surface area is 150 Å². The Bertz CT molecular complexity index is 779. The zero-order valence-electron chi connectivity index (χ0n) is 11.8. The lowest BCUT2D eigenvalue weighted by Crippen LogP contribution is -2.22. The van der Waals surface area contributed by atoms with E-state index in [4.69, 9.17) is 0 Å². The van der Waals surface area contributed by atoms with E-state index in [1.807, 2.05) is 42.6 Å². The summed E-state index contributed by atoms with van der Waals surface area (Å²) in [7, 11) is 0. The molecule has 0 radical (unpaired) electrons. The molecule has 0 bridgehead atoms. The van der Waals surface area contributed by atoms with Crippen LogP contribution in [-0.2, 0) is 6.54 Å². The highest BCUT2D eigenvalue weighted by atomic mass is 127. The summed E-state index contributed by atoms with van der Waals surface area (Å²) in [6, 6.07) is 11.6. The number of carbonyl (C=O) groups excluding carboxylic acids is 1. The Morgan fingerprint density at radius 2 is 2.05 bits per heavy atom. The highest BCUT2D eigenvalue weighted by molar-refractivity contribution is 14.1. The number of amides is 1. The Morgan fingerprint density at radius 1 is 1.27 bits per heavy atom. The van der Waals surface area contributed by atoms with Crippen LogP contribution in [0, 0.1) is 10.5 Å². The molecule has 6 heteroatoms. The Morgan fingerprint density at radius 3 is 2.73 bits per heavy atom. The van der Waals surface area contributed by atoms with Gasteiger partial charge in [0.15, 0.2) is 0 Å². The summed E-state index contributed by atoms with van der Waals surface area (Å²) in [4.78, 5) is 19.0. The number of aryl methyl sites for hydroxylation is 1. The monoisotopic (exact) mass is 440 g/mol. The quantitative estimate of drug-likeness (QED) is 0.597. The van der Waals surface area contributed by atoms with E-state index >= 15 is 0 Å². The van der Waals surface area contributed by atoms with Crippen molar-refractivity contribution in [2.24, 2.45) is 0 Å². The molecule has 0 aliphatic heterocycles. The Hall–Kier alpha value is -1.25. The van der Waals surface area contributed by atoms with Gasteiger partial charge in [-0.1, -0.05) is 6.07 Å². The van der Waals surface area contributed by atoms with Crippen molar-refractivity contribution >= 4 is 51.2 Å². The largest absolute Gasteiger partial charge is 0.347 e. The van der Waals surface area contributed by atoms with Crippen molar-refractivity contribution in [2.75, 3.05) is 0 Å². The van der Waals surface area contributed by atoms with Crippen molar-refractivity contribution in [1.29, 1.82) is 0 Å². The number of nitrogens with one attached hydrogen (secondary N) is 1. The van der Waals surface area contributed by atoms with Crippen LogP contribution >= 0.6 is 45.3 Å². The fraction of sp³-hybridized carbons (Fsp3) is 0.125. The van der Waals surface area contributed by atoms with Crippen LogP contribution in [0.15, 0.2) is 41.8 Å². The minimum Gasteiger partial charge on any atom is -0.347 e. The van der Waals surface area contributed by atoms with Gasteiger partial charge in [0.05, 0.1) is 17.1 Å². The zero-order chi connectivity index (χ0) is 15.5. The summed E-state index contributed by atoms with van der Waals surface area (Å²) in [6.45, 7) is 2.50. The lowest BCUT2D eigenvalue weighted by atomic mass is 10.2. The molecular formula is C16H13IN2OS2. The third-order valence-electron chi connectivity index (χ3n) is 3.14. The summed E-state index contributed by atoms with van der Waals surface area (Å²) in [5, 5.41) is 6.03. The summed E-state index contributed by atoms with van der Waals surface area (Å²) in [5.41, 5.74) is 1.66. The number of nitrogens with zero attached hydrogens (tertiary/aromatic N) is 1. The molecule has 1 N–H and O–H groups in total. The second kappa shape index (κ2) is 6.89. The molecule has 3 aromatic rings. The maximum Gasteiger partial charge on any atom is 0.251 e. The average Bonchev–Trinajstić information content (AvgIpc) is 3.15. The van der Waals surface area contributed by atoms with Gasteiger partial charge in [-0.05, 0) is 65.2 Å². The molecule has 3 nitrogen and oxygen atoms in total. The molecule has 0 aliphatic rings. The van der Waals surface area contributed by atoms with Crippen LogP contribution in [0.25, 0.3) is 9.88 Å². The summed E-state index contributed by atoms with van der Waals surface area (Å²) >= 11 is 5.55. The summed E-state index contributed by atoms with van der Waals surface area (Å²) < 4.78 is 1.12. The maximum atomic E-state index is 12.1. The Kier molecular flexibility index (Phi) is 4.90. The van der Waals surface area contributed by atoms with E-state index in [0.29, 0.717) is 12.1 Å². The van der Waals surface area contributed by atoms with Gasteiger partial charge in [-0.2, -0.15) is 0 Å². The van der Waals surface area contributed by atoms with E-state index in [0.717, 1.165) is 19.1 Å². The van der Waals surface area contributed by atoms with Crippen molar-refractivity contribution < 1.29 is 4.79 Å². The van der Waals surface area contributed by atoms with Gasteiger partial charge in [-0.25, -0.2) is 4.98 Å². The number of hydrogen-bond donors (Lipinski definition) is 1. The normalized spacial score (nSPS) is 10.6. The van der Waals surface area contributed by atoms with Crippen LogP contribution in [-0.4, -0.2) is 10.9 Å². The second-order valence-electron chi connectivity index (χ2n) is 4.69.